The number of alkyl halides is 1. The van der Waals surface area contributed by atoms with Crippen LogP contribution in [0.4, 0.5) is 4.79 Å². The van der Waals surface area contributed by atoms with Crippen LogP contribution in [-0.2, 0) is 4.79 Å². The van der Waals surface area contributed by atoms with Crippen LogP contribution in [0.5, 0.6) is 0 Å². The molecule has 1 unspecified atom stereocenters. The van der Waals surface area contributed by atoms with Crippen LogP contribution in [0.25, 0.3) is 0 Å². The van der Waals surface area contributed by atoms with Crippen LogP contribution in [0.1, 0.15) is 20.3 Å². The molecule has 0 heterocycles. The number of nitrogens with one attached hydrogen (secondary N) is 1. The highest BCUT2D eigenvalue weighted by atomic mass is 79.9. The summed E-state index contributed by atoms with van der Waals surface area (Å²) in [7, 11) is 0. The molecule has 4 nitrogen and oxygen atoms in total. The minimum atomic E-state index is -0.825. The van der Waals surface area contributed by atoms with Gasteiger partial charge in [0, 0.05) is 0 Å². The van der Waals surface area contributed by atoms with E-state index >= 15 is 0 Å². The molecule has 0 rings (SSSR count). The van der Waals surface area contributed by atoms with E-state index in [1.807, 2.05) is 12.2 Å². The largest absolute Gasteiger partial charge is 0.351 e. The molecule has 0 aromatic heterocycles. The molecule has 0 fully saturated rings. The monoisotopic (exact) mass is 222 g/mol. The van der Waals surface area contributed by atoms with E-state index in [4.69, 9.17) is 5.73 Å². The van der Waals surface area contributed by atoms with E-state index < -0.39 is 16.3 Å². The highest BCUT2D eigenvalue weighted by Crippen LogP contribution is 2.20. The second-order valence-corrected chi connectivity index (χ2v) is 4.12. The zero-order valence-electron chi connectivity index (χ0n) is 6.48. The Kier molecular flexibility index (Phi) is 3.51. The Balaban J connectivity index is 4.13. The van der Waals surface area contributed by atoms with Crippen LogP contribution in [-0.4, -0.2) is 16.3 Å². The summed E-state index contributed by atoms with van der Waals surface area (Å²) in [5, 5.41) is 1.99. The van der Waals surface area contributed by atoms with Gasteiger partial charge in [-0.3, -0.25) is 10.1 Å². The number of primary amides is 1. The summed E-state index contributed by atoms with van der Waals surface area (Å²) in [6.45, 7) is 3.50. The topological polar surface area (TPSA) is 72.2 Å². The molecule has 0 aromatic carbocycles. The van der Waals surface area contributed by atoms with Crippen LogP contribution in [0, 0.1) is 0 Å². The van der Waals surface area contributed by atoms with Crippen molar-refractivity contribution in [2.75, 3.05) is 0 Å². The summed E-state index contributed by atoms with van der Waals surface area (Å²) in [4.78, 5) is 21.3. The Labute approximate surface area is 73.6 Å². The van der Waals surface area contributed by atoms with Gasteiger partial charge >= 0.3 is 6.03 Å². The number of hydrogen-bond donors (Lipinski definition) is 2. The molecule has 0 saturated heterocycles. The van der Waals surface area contributed by atoms with Crippen molar-refractivity contribution in [1.82, 2.24) is 5.32 Å². The van der Waals surface area contributed by atoms with E-state index in [1.54, 1.807) is 6.92 Å². The fraction of sp³-hybridized carbons (Fsp3) is 0.667. The average molecular weight is 223 g/mol. The van der Waals surface area contributed by atoms with Gasteiger partial charge in [0.1, 0.15) is 4.32 Å². The summed E-state index contributed by atoms with van der Waals surface area (Å²) < 4.78 is -0.706. The maximum Gasteiger partial charge on any atom is 0.318 e. The minimum Gasteiger partial charge on any atom is -0.351 e. The Morgan fingerprint density at radius 3 is 2.36 bits per heavy atom. The molecule has 0 spiro atoms. The second kappa shape index (κ2) is 3.71. The number of urea groups is 1. The normalized spacial score (nSPS) is 15.2. The zero-order chi connectivity index (χ0) is 9.07. The highest BCUT2D eigenvalue weighted by Gasteiger charge is 2.28. The molecular formula is C6H11BrN2O2. The lowest BCUT2D eigenvalue weighted by Gasteiger charge is -2.17. The predicted molar refractivity (Wildman–Crippen MR) is 45.3 cm³/mol. The molecule has 0 bridgehead atoms. The van der Waals surface area contributed by atoms with Gasteiger partial charge in [-0.15, -0.1) is 0 Å². The van der Waals surface area contributed by atoms with Gasteiger partial charge in [0.05, 0.1) is 0 Å². The van der Waals surface area contributed by atoms with Crippen LogP contribution in [0.2, 0.25) is 0 Å². The van der Waals surface area contributed by atoms with Crippen LogP contribution < -0.4 is 11.1 Å². The Morgan fingerprint density at radius 1 is 1.64 bits per heavy atom. The zero-order valence-corrected chi connectivity index (χ0v) is 8.06. The second-order valence-electron chi connectivity index (χ2n) is 2.37. The van der Waals surface area contributed by atoms with E-state index in [1.165, 1.54) is 0 Å². The fourth-order valence-electron chi connectivity index (χ4n) is 0.403. The molecular weight excluding hydrogens is 212 g/mol. The SMILES string of the molecule is CCC(C)(Br)C(=O)NC(N)=O. The number of hydrogen-bond acceptors (Lipinski definition) is 2. The number of imide groups is 1. The quantitative estimate of drug-likeness (QED) is 0.678. The van der Waals surface area contributed by atoms with Gasteiger partial charge in [0.2, 0.25) is 5.91 Å². The van der Waals surface area contributed by atoms with E-state index in [9.17, 15) is 9.59 Å². The number of nitrogens with two attached hydrogens (primary N) is 1. The van der Waals surface area contributed by atoms with Crippen LogP contribution in [0.3, 0.4) is 0 Å². The molecule has 11 heavy (non-hydrogen) atoms. The lowest BCUT2D eigenvalue weighted by molar-refractivity contribution is -0.121. The highest BCUT2D eigenvalue weighted by molar-refractivity contribution is 9.10. The Morgan fingerprint density at radius 2 is 2.09 bits per heavy atom. The van der Waals surface area contributed by atoms with Crippen molar-refractivity contribution in [3.63, 3.8) is 0 Å². The third kappa shape index (κ3) is 3.36. The molecule has 5 heteroatoms. The van der Waals surface area contributed by atoms with Crippen molar-refractivity contribution in [1.29, 1.82) is 0 Å². The van der Waals surface area contributed by atoms with Crippen molar-refractivity contribution in [2.24, 2.45) is 5.73 Å². The Hall–Kier alpha value is -0.580. The van der Waals surface area contributed by atoms with Gasteiger partial charge < -0.3 is 5.73 Å². The molecule has 0 aliphatic rings. The molecule has 0 aliphatic heterocycles. The maximum atomic E-state index is 11.0. The summed E-state index contributed by atoms with van der Waals surface area (Å²) in [6.07, 6.45) is 0.589. The van der Waals surface area contributed by atoms with E-state index in [0.717, 1.165) is 0 Å². The fourth-order valence-corrected chi connectivity index (χ4v) is 0.502. The summed E-state index contributed by atoms with van der Waals surface area (Å²) in [6, 6.07) is -0.825. The number of amides is 3. The van der Waals surface area contributed by atoms with E-state index in [0.29, 0.717) is 6.42 Å². The van der Waals surface area contributed by atoms with Crippen LogP contribution in [0.15, 0.2) is 0 Å². The van der Waals surface area contributed by atoms with Gasteiger partial charge in [-0.2, -0.15) is 0 Å². The van der Waals surface area contributed by atoms with Gasteiger partial charge in [-0.1, -0.05) is 22.9 Å². The number of rotatable bonds is 2. The first-order valence-electron chi connectivity index (χ1n) is 3.20. The standard InChI is InChI=1S/C6H11BrN2O2/c1-3-6(2,7)4(10)9-5(8)11/h3H2,1-2H3,(H3,8,9,10,11). The van der Waals surface area contributed by atoms with Crippen molar-refractivity contribution in [2.45, 2.75) is 24.6 Å². The van der Waals surface area contributed by atoms with E-state index in [2.05, 4.69) is 15.9 Å². The first-order valence-corrected chi connectivity index (χ1v) is 3.99. The van der Waals surface area contributed by atoms with Gasteiger partial charge in [0.15, 0.2) is 0 Å². The molecule has 3 amide bonds. The first-order chi connectivity index (χ1) is 4.90. The van der Waals surface area contributed by atoms with Crippen molar-refractivity contribution < 1.29 is 9.59 Å². The van der Waals surface area contributed by atoms with Crippen LogP contribution >= 0.6 is 15.9 Å². The third-order valence-corrected chi connectivity index (χ3v) is 2.29. The van der Waals surface area contributed by atoms with Gasteiger partial charge in [0.25, 0.3) is 0 Å². The van der Waals surface area contributed by atoms with E-state index in [-0.39, 0.29) is 0 Å². The number of carbonyl (C=O) groups is 2. The van der Waals surface area contributed by atoms with Crippen molar-refractivity contribution in [3.05, 3.63) is 0 Å². The molecule has 0 aliphatic carbocycles. The number of carbonyl (C=O) groups excluding carboxylic acids is 2. The molecule has 3 N–H and O–H groups in total. The maximum absolute atomic E-state index is 11.0. The Bertz CT molecular complexity index is 179. The van der Waals surface area contributed by atoms with Gasteiger partial charge in [-0.25, -0.2) is 4.79 Å². The average Bonchev–Trinajstić information content (AvgIpc) is 1.86. The summed E-state index contributed by atoms with van der Waals surface area (Å²) >= 11 is 3.16. The summed E-state index contributed by atoms with van der Waals surface area (Å²) in [5.74, 6) is -0.410. The lowest BCUT2D eigenvalue weighted by Crippen LogP contribution is -2.44. The third-order valence-electron chi connectivity index (χ3n) is 1.37. The molecule has 64 valence electrons. The molecule has 0 aromatic rings. The molecule has 0 saturated carbocycles. The lowest BCUT2D eigenvalue weighted by atomic mass is 10.1. The molecule has 0 radical (unpaired) electrons. The number of halogens is 1. The van der Waals surface area contributed by atoms with Crippen molar-refractivity contribution in [3.8, 4) is 0 Å². The predicted octanol–water partition coefficient (Wildman–Crippen LogP) is 0.745. The molecule has 1 atom stereocenters. The minimum absolute atomic E-state index is 0.410. The smallest absolute Gasteiger partial charge is 0.318 e. The summed E-state index contributed by atoms with van der Waals surface area (Å²) in [5.41, 5.74) is 4.75. The first kappa shape index (κ1) is 10.4. The van der Waals surface area contributed by atoms with Crippen molar-refractivity contribution >= 4 is 27.9 Å². The van der Waals surface area contributed by atoms with Gasteiger partial charge in [-0.05, 0) is 13.3 Å².